The van der Waals surface area contributed by atoms with E-state index in [9.17, 15) is 22.8 Å². The number of nitrogens with zero attached hydrogens (tertiary/aromatic N) is 4. The van der Waals surface area contributed by atoms with Gasteiger partial charge in [0.1, 0.15) is 11.5 Å². The van der Waals surface area contributed by atoms with Gasteiger partial charge in [0.2, 0.25) is 0 Å². The average molecular weight is 783 g/mol. The number of amides is 2. The van der Waals surface area contributed by atoms with E-state index in [1.807, 2.05) is 77.7 Å². The fourth-order valence-corrected chi connectivity index (χ4v) is 6.88. The van der Waals surface area contributed by atoms with Gasteiger partial charge in [-0.1, -0.05) is 90.5 Å². The average Bonchev–Trinajstić information content (AvgIpc) is 3.85. The zero-order chi connectivity index (χ0) is 39.2. The van der Waals surface area contributed by atoms with Crippen LogP contribution in [0.2, 0.25) is 5.02 Å². The lowest BCUT2D eigenvalue weighted by atomic mass is 10.0. The molecule has 0 radical (unpaired) electrons. The molecule has 0 saturated heterocycles. The number of H-pyrrole nitrogens is 2. The monoisotopic (exact) mass is 782 g/mol. The van der Waals surface area contributed by atoms with Crippen molar-refractivity contribution in [3.05, 3.63) is 142 Å². The third-order valence-corrected chi connectivity index (χ3v) is 9.95. The van der Waals surface area contributed by atoms with Crippen molar-refractivity contribution in [2.24, 2.45) is 0 Å². The number of carbonyl (C=O) groups excluding carboxylic acids is 2. The Morgan fingerprint density at radius 2 is 1.32 bits per heavy atom. The molecule has 1 unspecified atom stereocenters. The Morgan fingerprint density at radius 1 is 0.768 bits per heavy atom. The highest BCUT2D eigenvalue weighted by Crippen LogP contribution is 2.33. The lowest BCUT2D eigenvalue weighted by Crippen LogP contribution is -2.43. The van der Waals surface area contributed by atoms with Crippen molar-refractivity contribution >= 4 is 23.4 Å². The standard InChI is InChI=1S/C21H20ClN3O2.C21H18F3N3O2/c1-14(27-19-10-6-5-9-17(19)22)21(26)25-12-11-18-16(13-25)20(24-23-18)15-7-3-2-4-8-15;22-21(23,24)15-7-4-8-16(11-15)29-13-19(28)27-10-9-18-17(12-27)20(26-25-18)14-5-2-1-3-6-14/h2-10,14H,11-13H2,1H3,(H,23,24);1-8,11H,9-10,12-13H2,(H,25,26). The van der Waals surface area contributed by atoms with Gasteiger partial charge in [-0.3, -0.25) is 19.8 Å². The summed E-state index contributed by atoms with van der Waals surface area (Å²) < 4.78 is 49.5. The number of rotatable bonds is 8. The number of nitrogens with one attached hydrogen (secondary N) is 2. The van der Waals surface area contributed by atoms with Crippen molar-refractivity contribution in [3.63, 3.8) is 0 Å². The summed E-state index contributed by atoms with van der Waals surface area (Å²) >= 11 is 6.14. The fraction of sp³-hybridized carbons (Fsp3) is 0.238. The molecular weight excluding hydrogens is 745 g/mol. The highest BCUT2D eigenvalue weighted by atomic mass is 35.5. The Hall–Kier alpha value is -6.08. The molecule has 4 aromatic carbocycles. The summed E-state index contributed by atoms with van der Waals surface area (Å²) in [4.78, 5) is 29.0. The van der Waals surface area contributed by atoms with Crippen molar-refractivity contribution in [2.45, 2.75) is 45.1 Å². The number of hydrogen-bond donors (Lipinski definition) is 2. The minimum atomic E-state index is -4.46. The molecule has 0 saturated carbocycles. The van der Waals surface area contributed by atoms with Crippen LogP contribution in [0.3, 0.4) is 0 Å². The molecule has 4 heterocycles. The summed E-state index contributed by atoms with van der Waals surface area (Å²) in [7, 11) is 0. The van der Waals surface area contributed by atoms with Gasteiger partial charge in [0, 0.05) is 72.7 Å². The number of alkyl halides is 3. The first-order chi connectivity index (χ1) is 27.0. The van der Waals surface area contributed by atoms with Crippen LogP contribution >= 0.6 is 11.6 Å². The van der Waals surface area contributed by atoms with Gasteiger partial charge in [-0.25, -0.2) is 0 Å². The molecule has 1 atom stereocenters. The van der Waals surface area contributed by atoms with Crippen LogP contribution in [0.5, 0.6) is 11.5 Å². The molecular formula is C42H38ClF3N6O4. The van der Waals surface area contributed by atoms with Crippen LogP contribution in [0.1, 0.15) is 35.0 Å². The molecule has 10 nitrogen and oxygen atoms in total. The molecule has 0 bridgehead atoms. The van der Waals surface area contributed by atoms with E-state index in [1.165, 1.54) is 12.1 Å². The van der Waals surface area contributed by atoms with E-state index in [-0.39, 0.29) is 24.2 Å². The first kappa shape index (κ1) is 38.2. The van der Waals surface area contributed by atoms with Crippen molar-refractivity contribution in [1.82, 2.24) is 30.2 Å². The van der Waals surface area contributed by atoms with E-state index >= 15 is 0 Å². The SMILES string of the molecule is CC(Oc1ccccc1Cl)C(=O)N1CCc2[nH]nc(-c3ccccc3)c2C1.O=C(COc1cccc(C(F)(F)F)c1)N1CCc2[nH]nc(-c3ccccc3)c2C1. The maximum atomic E-state index is 12.9. The van der Waals surface area contributed by atoms with E-state index < -0.39 is 17.8 Å². The third kappa shape index (κ3) is 8.73. The molecule has 0 fully saturated rings. The maximum absolute atomic E-state index is 12.9. The van der Waals surface area contributed by atoms with Crippen molar-refractivity contribution < 1.29 is 32.2 Å². The molecule has 2 amide bonds. The number of aromatic nitrogens is 4. The largest absolute Gasteiger partial charge is 0.484 e. The molecule has 2 aliphatic heterocycles. The second-order valence-corrected chi connectivity index (χ2v) is 13.8. The molecule has 288 valence electrons. The topological polar surface area (TPSA) is 116 Å². The minimum absolute atomic E-state index is 0.0131. The number of benzene rings is 4. The second kappa shape index (κ2) is 16.7. The number of para-hydroxylation sites is 1. The van der Waals surface area contributed by atoms with Crippen molar-refractivity contribution in [1.29, 1.82) is 0 Å². The van der Waals surface area contributed by atoms with E-state index in [1.54, 1.807) is 24.0 Å². The Labute approximate surface area is 326 Å². The maximum Gasteiger partial charge on any atom is 0.416 e. The lowest BCUT2D eigenvalue weighted by molar-refractivity contribution is -0.139. The number of fused-ring (bicyclic) bond motifs is 2. The van der Waals surface area contributed by atoms with Gasteiger partial charge in [-0.05, 0) is 37.3 Å². The molecule has 2 N–H and O–H groups in total. The Balaban J connectivity index is 0.000000172. The first-order valence-corrected chi connectivity index (χ1v) is 18.4. The van der Waals surface area contributed by atoms with Gasteiger partial charge in [0.25, 0.3) is 11.8 Å². The summed E-state index contributed by atoms with van der Waals surface area (Å²) in [6.45, 7) is 3.46. The van der Waals surface area contributed by atoms with Gasteiger partial charge in [0.05, 0.1) is 22.0 Å². The van der Waals surface area contributed by atoms with Crippen LogP contribution in [0.4, 0.5) is 13.2 Å². The number of carbonyl (C=O) groups is 2. The molecule has 6 aromatic rings. The Morgan fingerprint density at radius 3 is 1.91 bits per heavy atom. The fourth-order valence-electron chi connectivity index (χ4n) is 6.70. The summed E-state index contributed by atoms with van der Waals surface area (Å²) in [6.07, 6.45) is -3.69. The minimum Gasteiger partial charge on any atom is -0.484 e. The van der Waals surface area contributed by atoms with E-state index in [2.05, 4.69) is 20.4 Å². The zero-order valence-corrected chi connectivity index (χ0v) is 31.1. The number of ether oxygens (including phenoxy) is 2. The van der Waals surface area contributed by atoms with E-state index in [4.69, 9.17) is 21.1 Å². The Bertz CT molecular complexity index is 2300. The smallest absolute Gasteiger partial charge is 0.416 e. The van der Waals surface area contributed by atoms with E-state index in [0.717, 1.165) is 63.6 Å². The molecule has 14 heteroatoms. The molecule has 2 aromatic heterocycles. The number of hydrogen-bond acceptors (Lipinski definition) is 6. The zero-order valence-electron chi connectivity index (χ0n) is 30.4. The molecule has 2 aliphatic rings. The predicted octanol–water partition coefficient (Wildman–Crippen LogP) is 8.14. The van der Waals surface area contributed by atoms with Gasteiger partial charge in [-0.2, -0.15) is 23.4 Å². The second-order valence-electron chi connectivity index (χ2n) is 13.4. The molecule has 56 heavy (non-hydrogen) atoms. The van der Waals surface area contributed by atoms with Crippen molar-refractivity contribution in [2.75, 3.05) is 19.7 Å². The van der Waals surface area contributed by atoms with Gasteiger partial charge in [-0.15, -0.1) is 0 Å². The molecule has 8 rings (SSSR count). The van der Waals surface area contributed by atoms with E-state index in [0.29, 0.717) is 43.4 Å². The highest BCUT2D eigenvalue weighted by molar-refractivity contribution is 6.32. The van der Waals surface area contributed by atoms with Gasteiger partial charge >= 0.3 is 6.18 Å². The summed E-state index contributed by atoms with van der Waals surface area (Å²) in [5.41, 5.74) is 7.02. The summed E-state index contributed by atoms with van der Waals surface area (Å²) in [6, 6.07) is 31.4. The number of aromatic amines is 2. The van der Waals surface area contributed by atoms with Crippen LogP contribution in [0.15, 0.2) is 109 Å². The van der Waals surface area contributed by atoms with Gasteiger partial charge in [0.15, 0.2) is 12.7 Å². The normalized spacial score (nSPS) is 14.2. The predicted molar refractivity (Wildman–Crippen MR) is 205 cm³/mol. The van der Waals surface area contributed by atoms with Crippen LogP contribution in [-0.4, -0.2) is 67.8 Å². The van der Waals surface area contributed by atoms with Crippen LogP contribution < -0.4 is 9.47 Å². The molecule has 0 aliphatic carbocycles. The third-order valence-electron chi connectivity index (χ3n) is 9.64. The molecule has 0 spiro atoms. The first-order valence-electron chi connectivity index (χ1n) is 18.1. The summed E-state index contributed by atoms with van der Waals surface area (Å²) in [5.74, 6) is 0.194. The van der Waals surface area contributed by atoms with Crippen LogP contribution in [0, 0.1) is 0 Å². The van der Waals surface area contributed by atoms with Gasteiger partial charge < -0.3 is 19.3 Å². The highest BCUT2D eigenvalue weighted by Gasteiger charge is 2.32. The quantitative estimate of drug-likeness (QED) is 0.161. The summed E-state index contributed by atoms with van der Waals surface area (Å²) in [5, 5.41) is 15.5. The van der Waals surface area contributed by atoms with Crippen LogP contribution in [-0.2, 0) is 41.7 Å². The van der Waals surface area contributed by atoms with Crippen LogP contribution in [0.25, 0.3) is 22.5 Å². The van der Waals surface area contributed by atoms with Crippen molar-refractivity contribution in [3.8, 4) is 34.0 Å². The Kier molecular flexibility index (Phi) is 11.4. The lowest BCUT2D eigenvalue weighted by Gasteiger charge is -2.29. The number of halogens is 4.